The van der Waals surface area contributed by atoms with E-state index >= 15 is 0 Å². The Balaban J connectivity index is 2.00. The molecule has 0 amide bonds. The molecule has 3 aromatic heterocycles. The standard InChI is InChI=1S/C16H13N5O/c1-22-12-6-7-14(21-10-4-8-17-21)13(11-12)16-19-18-15-5-2-3-9-20(15)16/h2-11H,1H3. The number of methoxy groups -OCH3 is 1. The van der Waals surface area contributed by atoms with Gasteiger partial charge in [-0.1, -0.05) is 6.07 Å². The van der Waals surface area contributed by atoms with Gasteiger partial charge in [0.15, 0.2) is 11.5 Å². The molecule has 0 atom stereocenters. The lowest BCUT2D eigenvalue weighted by molar-refractivity contribution is 0.415. The SMILES string of the molecule is COc1ccc(-n2cccn2)c(-c2nnc3ccccn23)c1. The summed E-state index contributed by atoms with van der Waals surface area (Å²) in [4.78, 5) is 0. The zero-order valence-electron chi connectivity index (χ0n) is 11.9. The van der Waals surface area contributed by atoms with E-state index in [0.29, 0.717) is 0 Å². The Morgan fingerprint density at radius 2 is 1.95 bits per heavy atom. The van der Waals surface area contributed by atoms with Gasteiger partial charge in [0.25, 0.3) is 0 Å². The summed E-state index contributed by atoms with van der Waals surface area (Å²) in [6, 6.07) is 13.5. The smallest absolute Gasteiger partial charge is 0.170 e. The van der Waals surface area contributed by atoms with Crippen LogP contribution in [0.4, 0.5) is 0 Å². The summed E-state index contributed by atoms with van der Waals surface area (Å²) < 4.78 is 9.10. The Bertz CT molecular complexity index is 927. The maximum Gasteiger partial charge on any atom is 0.170 e. The van der Waals surface area contributed by atoms with Crippen molar-refractivity contribution in [2.24, 2.45) is 0 Å². The molecular formula is C16H13N5O. The third-order valence-electron chi connectivity index (χ3n) is 3.51. The first-order chi connectivity index (χ1) is 10.9. The first-order valence-corrected chi connectivity index (χ1v) is 6.85. The van der Waals surface area contributed by atoms with Gasteiger partial charge in [-0.15, -0.1) is 10.2 Å². The van der Waals surface area contributed by atoms with Crippen molar-refractivity contribution in [1.29, 1.82) is 0 Å². The number of pyridine rings is 1. The second-order valence-electron chi connectivity index (χ2n) is 4.79. The van der Waals surface area contributed by atoms with Crippen molar-refractivity contribution in [3.05, 3.63) is 61.1 Å². The van der Waals surface area contributed by atoms with E-state index in [2.05, 4.69) is 15.3 Å². The van der Waals surface area contributed by atoms with Gasteiger partial charge in [0.1, 0.15) is 5.75 Å². The van der Waals surface area contributed by atoms with Crippen molar-refractivity contribution in [1.82, 2.24) is 24.4 Å². The Morgan fingerprint density at radius 1 is 1.00 bits per heavy atom. The predicted octanol–water partition coefficient (Wildman–Crippen LogP) is 2.59. The fourth-order valence-corrected chi connectivity index (χ4v) is 2.46. The lowest BCUT2D eigenvalue weighted by Crippen LogP contribution is -2.00. The fraction of sp³-hybridized carbons (Fsp3) is 0.0625. The fourth-order valence-electron chi connectivity index (χ4n) is 2.46. The van der Waals surface area contributed by atoms with Crippen molar-refractivity contribution in [2.75, 3.05) is 7.11 Å². The minimum atomic E-state index is 0.750. The van der Waals surface area contributed by atoms with E-state index in [4.69, 9.17) is 4.74 Å². The molecule has 6 heteroatoms. The van der Waals surface area contributed by atoms with Crippen LogP contribution in [-0.2, 0) is 0 Å². The minimum absolute atomic E-state index is 0.750. The number of fused-ring (bicyclic) bond motifs is 1. The number of ether oxygens (including phenoxy) is 1. The molecule has 0 spiro atoms. The van der Waals surface area contributed by atoms with Gasteiger partial charge in [-0.2, -0.15) is 5.10 Å². The summed E-state index contributed by atoms with van der Waals surface area (Å²) in [6.45, 7) is 0. The average Bonchev–Trinajstić information content (AvgIpc) is 3.24. The second-order valence-corrected chi connectivity index (χ2v) is 4.79. The number of nitrogens with zero attached hydrogens (tertiary/aromatic N) is 5. The summed E-state index contributed by atoms with van der Waals surface area (Å²) in [5.41, 5.74) is 2.62. The first-order valence-electron chi connectivity index (χ1n) is 6.85. The van der Waals surface area contributed by atoms with Crippen LogP contribution in [0.3, 0.4) is 0 Å². The van der Waals surface area contributed by atoms with E-state index in [0.717, 1.165) is 28.5 Å². The van der Waals surface area contributed by atoms with Gasteiger partial charge in [0, 0.05) is 24.2 Å². The molecule has 3 heterocycles. The van der Waals surface area contributed by atoms with Crippen LogP contribution >= 0.6 is 0 Å². The van der Waals surface area contributed by atoms with Gasteiger partial charge in [-0.05, 0) is 36.4 Å². The quantitative estimate of drug-likeness (QED) is 0.582. The van der Waals surface area contributed by atoms with Crippen LogP contribution in [0.5, 0.6) is 5.75 Å². The van der Waals surface area contributed by atoms with Crippen molar-refractivity contribution in [2.45, 2.75) is 0 Å². The Morgan fingerprint density at radius 3 is 2.77 bits per heavy atom. The highest BCUT2D eigenvalue weighted by Gasteiger charge is 2.14. The number of benzene rings is 1. The number of aromatic nitrogens is 5. The van der Waals surface area contributed by atoms with E-state index in [9.17, 15) is 0 Å². The average molecular weight is 291 g/mol. The molecule has 0 bridgehead atoms. The van der Waals surface area contributed by atoms with Crippen LogP contribution in [0.15, 0.2) is 61.1 Å². The molecule has 22 heavy (non-hydrogen) atoms. The normalized spacial score (nSPS) is 11.0. The lowest BCUT2D eigenvalue weighted by Gasteiger charge is -2.10. The summed E-state index contributed by atoms with van der Waals surface area (Å²) in [5, 5.41) is 12.9. The zero-order chi connectivity index (χ0) is 14.9. The molecule has 0 saturated carbocycles. The summed E-state index contributed by atoms with van der Waals surface area (Å²) >= 11 is 0. The van der Waals surface area contributed by atoms with E-state index in [-0.39, 0.29) is 0 Å². The predicted molar refractivity (Wildman–Crippen MR) is 82.1 cm³/mol. The second kappa shape index (κ2) is 5.00. The lowest BCUT2D eigenvalue weighted by atomic mass is 10.1. The monoisotopic (exact) mass is 291 g/mol. The summed E-state index contributed by atoms with van der Waals surface area (Å²) in [6.07, 6.45) is 5.58. The van der Waals surface area contributed by atoms with Gasteiger partial charge < -0.3 is 4.74 Å². The largest absolute Gasteiger partial charge is 0.497 e. The van der Waals surface area contributed by atoms with Crippen LogP contribution in [0.1, 0.15) is 0 Å². The van der Waals surface area contributed by atoms with Crippen molar-refractivity contribution in [3.63, 3.8) is 0 Å². The first kappa shape index (κ1) is 12.6. The van der Waals surface area contributed by atoms with Gasteiger partial charge in [0.2, 0.25) is 0 Å². The molecule has 0 fully saturated rings. The number of rotatable bonds is 3. The highest BCUT2D eigenvalue weighted by Crippen LogP contribution is 2.29. The van der Waals surface area contributed by atoms with Crippen LogP contribution < -0.4 is 4.74 Å². The third kappa shape index (κ3) is 1.93. The summed E-state index contributed by atoms with van der Waals surface area (Å²) in [7, 11) is 1.65. The minimum Gasteiger partial charge on any atom is -0.497 e. The third-order valence-corrected chi connectivity index (χ3v) is 3.51. The molecule has 108 valence electrons. The van der Waals surface area contributed by atoms with E-state index in [1.807, 2.05) is 59.3 Å². The van der Waals surface area contributed by atoms with Gasteiger partial charge in [-0.25, -0.2) is 4.68 Å². The highest BCUT2D eigenvalue weighted by atomic mass is 16.5. The number of hydrogen-bond donors (Lipinski definition) is 0. The van der Waals surface area contributed by atoms with Crippen LogP contribution in [0.25, 0.3) is 22.7 Å². The molecule has 0 saturated heterocycles. The molecular weight excluding hydrogens is 278 g/mol. The topological polar surface area (TPSA) is 57.2 Å². The maximum absolute atomic E-state index is 5.35. The molecule has 1 aromatic carbocycles. The van der Waals surface area contributed by atoms with Crippen molar-refractivity contribution in [3.8, 4) is 22.8 Å². The van der Waals surface area contributed by atoms with E-state index < -0.39 is 0 Å². The van der Waals surface area contributed by atoms with Gasteiger partial charge in [-0.3, -0.25) is 4.40 Å². The Kier molecular flexibility index (Phi) is 2.86. The molecule has 4 rings (SSSR count). The number of hydrogen-bond acceptors (Lipinski definition) is 4. The molecule has 0 unspecified atom stereocenters. The van der Waals surface area contributed by atoms with Crippen LogP contribution in [0, 0.1) is 0 Å². The highest BCUT2D eigenvalue weighted by molar-refractivity contribution is 5.71. The van der Waals surface area contributed by atoms with Crippen molar-refractivity contribution >= 4 is 5.65 Å². The molecule has 0 N–H and O–H groups in total. The molecule has 0 radical (unpaired) electrons. The molecule has 0 aliphatic heterocycles. The van der Waals surface area contributed by atoms with Crippen molar-refractivity contribution < 1.29 is 4.74 Å². The van der Waals surface area contributed by atoms with E-state index in [1.165, 1.54) is 0 Å². The van der Waals surface area contributed by atoms with Crippen LogP contribution in [-0.4, -0.2) is 31.5 Å². The van der Waals surface area contributed by atoms with Gasteiger partial charge in [0.05, 0.1) is 12.8 Å². The van der Waals surface area contributed by atoms with Gasteiger partial charge >= 0.3 is 0 Å². The Labute approximate surface area is 126 Å². The zero-order valence-corrected chi connectivity index (χ0v) is 11.9. The molecule has 0 aliphatic carbocycles. The molecule has 6 nitrogen and oxygen atoms in total. The summed E-state index contributed by atoms with van der Waals surface area (Å²) in [5.74, 6) is 1.51. The maximum atomic E-state index is 5.35. The molecule has 0 aliphatic rings. The molecule has 4 aromatic rings. The van der Waals surface area contributed by atoms with E-state index in [1.54, 1.807) is 18.0 Å². The van der Waals surface area contributed by atoms with Crippen LogP contribution in [0.2, 0.25) is 0 Å². The Hall–Kier alpha value is -3.15.